The normalized spacial score (nSPS) is 18.9. The molecule has 1 aliphatic rings. The number of nitrogens with one attached hydrogen (secondary N) is 1. The topological polar surface area (TPSA) is 75.4 Å². The lowest BCUT2D eigenvalue weighted by Crippen LogP contribution is -2.43. The summed E-state index contributed by atoms with van der Waals surface area (Å²) in [6.45, 7) is 0.686. The van der Waals surface area contributed by atoms with Crippen LogP contribution < -0.4 is 11.1 Å². The van der Waals surface area contributed by atoms with Crippen molar-refractivity contribution in [2.75, 3.05) is 19.6 Å². The number of carbonyl (C=O) groups is 2. The van der Waals surface area contributed by atoms with Crippen molar-refractivity contribution in [2.24, 2.45) is 5.73 Å². The van der Waals surface area contributed by atoms with Crippen molar-refractivity contribution in [1.82, 2.24) is 10.2 Å². The van der Waals surface area contributed by atoms with Gasteiger partial charge >= 0.3 is 0 Å². The Morgan fingerprint density at radius 3 is 2.67 bits per heavy atom. The van der Waals surface area contributed by atoms with Gasteiger partial charge in [0.05, 0.1) is 19.1 Å². The minimum absolute atomic E-state index is 0.0271. The van der Waals surface area contributed by atoms with Crippen molar-refractivity contribution in [2.45, 2.75) is 31.7 Å². The highest BCUT2D eigenvalue weighted by Crippen LogP contribution is 2.29. The van der Waals surface area contributed by atoms with Crippen LogP contribution in [0.2, 0.25) is 0 Å². The molecule has 0 aromatic heterocycles. The van der Waals surface area contributed by atoms with E-state index in [1.54, 1.807) is 0 Å². The van der Waals surface area contributed by atoms with Crippen molar-refractivity contribution in [3.63, 3.8) is 0 Å². The monoisotopic (exact) mass is 289 g/mol. The number of likely N-dealkylation sites (tertiary alicyclic amines) is 1. The molecule has 1 heterocycles. The predicted octanol–water partition coefficient (Wildman–Crippen LogP) is 1.21. The number of benzene rings is 1. The predicted molar refractivity (Wildman–Crippen MR) is 81.4 cm³/mol. The summed E-state index contributed by atoms with van der Waals surface area (Å²) < 4.78 is 0. The maximum Gasteiger partial charge on any atom is 0.242 e. The van der Waals surface area contributed by atoms with E-state index in [1.807, 2.05) is 23.1 Å². The van der Waals surface area contributed by atoms with E-state index < -0.39 is 0 Å². The molecule has 1 aromatic rings. The van der Waals surface area contributed by atoms with Crippen LogP contribution in [0.4, 0.5) is 0 Å². The Kier molecular flexibility index (Phi) is 5.75. The van der Waals surface area contributed by atoms with Gasteiger partial charge in [-0.3, -0.25) is 9.59 Å². The molecule has 5 nitrogen and oxygen atoms in total. The fourth-order valence-electron chi connectivity index (χ4n) is 2.78. The van der Waals surface area contributed by atoms with Crippen LogP contribution >= 0.6 is 0 Å². The Hall–Kier alpha value is -1.88. The van der Waals surface area contributed by atoms with Crippen molar-refractivity contribution in [1.29, 1.82) is 0 Å². The molecule has 0 aliphatic carbocycles. The minimum atomic E-state index is -0.297. The van der Waals surface area contributed by atoms with Crippen molar-refractivity contribution >= 4 is 11.8 Å². The highest BCUT2D eigenvalue weighted by Gasteiger charge is 2.26. The van der Waals surface area contributed by atoms with Crippen LogP contribution in [0.1, 0.15) is 37.3 Å². The number of amides is 2. The number of carbonyl (C=O) groups excluding carboxylic acids is 2. The molecular weight excluding hydrogens is 266 g/mol. The molecule has 1 fully saturated rings. The lowest BCUT2D eigenvalue weighted by molar-refractivity contribution is -0.134. The van der Waals surface area contributed by atoms with Crippen LogP contribution in [0.3, 0.4) is 0 Å². The Balaban J connectivity index is 2.08. The quantitative estimate of drug-likeness (QED) is 0.874. The van der Waals surface area contributed by atoms with Gasteiger partial charge in [-0.1, -0.05) is 43.2 Å². The second-order valence-electron chi connectivity index (χ2n) is 5.34. The van der Waals surface area contributed by atoms with Crippen LogP contribution in [0.15, 0.2) is 30.3 Å². The van der Waals surface area contributed by atoms with E-state index in [0.29, 0.717) is 0 Å². The first-order valence-electron chi connectivity index (χ1n) is 7.53. The first-order chi connectivity index (χ1) is 10.2. The molecule has 0 saturated carbocycles. The molecule has 1 unspecified atom stereocenters. The fraction of sp³-hybridized carbons (Fsp3) is 0.500. The van der Waals surface area contributed by atoms with Crippen LogP contribution in [-0.4, -0.2) is 36.3 Å². The molecule has 0 radical (unpaired) electrons. The summed E-state index contributed by atoms with van der Waals surface area (Å²) in [7, 11) is 0. The molecule has 21 heavy (non-hydrogen) atoms. The lowest BCUT2D eigenvalue weighted by Gasteiger charge is -2.30. The van der Waals surface area contributed by atoms with Crippen molar-refractivity contribution < 1.29 is 9.59 Å². The first-order valence-corrected chi connectivity index (χ1v) is 7.53. The van der Waals surface area contributed by atoms with Crippen LogP contribution in [0.25, 0.3) is 0 Å². The summed E-state index contributed by atoms with van der Waals surface area (Å²) in [4.78, 5) is 25.5. The van der Waals surface area contributed by atoms with Crippen LogP contribution in [-0.2, 0) is 9.59 Å². The molecule has 0 spiro atoms. The van der Waals surface area contributed by atoms with Gasteiger partial charge in [0.1, 0.15) is 0 Å². The van der Waals surface area contributed by atoms with Gasteiger partial charge in [0.15, 0.2) is 0 Å². The first kappa shape index (κ1) is 15.5. The molecule has 2 rings (SSSR count). The second kappa shape index (κ2) is 7.78. The van der Waals surface area contributed by atoms with E-state index in [-0.39, 0.29) is 30.9 Å². The van der Waals surface area contributed by atoms with Crippen LogP contribution in [0.5, 0.6) is 0 Å². The van der Waals surface area contributed by atoms with E-state index in [1.165, 1.54) is 0 Å². The third kappa shape index (κ3) is 4.29. The zero-order valence-electron chi connectivity index (χ0n) is 12.3. The third-order valence-corrected chi connectivity index (χ3v) is 3.88. The molecule has 1 saturated heterocycles. The van der Waals surface area contributed by atoms with Gasteiger partial charge in [0.25, 0.3) is 0 Å². The molecule has 5 heteroatoms. The van der Waals surface area contributed by atoms with Gasteiger partial charge in [-0.25, -0.2) is 0 Å². The summed E-state index contributed by atoms with van der Waals surface area (Å²) in [5, 5.41) is 2.57. The maximum atomic E-state index is 12.4. The molecule has 0 bridgehead atoms. The van der Waals surface area contributed by atoms with E-state index >= 15 is 0 Å². The number of hydrogen-bond donors (Lipinski definition) is 2. The zero-order valence-corrected chi connectivity index (χ0v) is 12.3. The average molecular weight is 289 g/mol. The molecule has 1 atom stereocenters. The van der Waals surface area contributed by atoms with Gasteiger partial charge in [0, 0.05) is 6.54 Å². The number of hydrogen-bond acceptors (Lipinski definition) is 3. The summed E-state index contributed by atoms with van der Waals surface area (Å²) in [6, 6.07) is 10.2. The standard InChI is InChI=1S/C16H23N3O2/c17-11-15(20)18-12-16(21)19-10-6-2-5-9-14(19)13-7-3-1-4-8-13/h1,3-4,7-8,14H,2,5-6,9-12,17H2,(H,18,20). The molecule has 3 N–H and O–H groups in total. The average Bonchev–Trinajstić information content (AvgIpc) is 2.79. The van der Waals surface area contributed by atoms with Gasteiger partial charge in [-0.05, 0) is 18.4 Å². The largest absolute Gasteiger partial charge is 0.346 e. The van der Waals surface area contributed by atoms with Crippen molar-refractivity contribution in [3.8, 4) is 0 Å². The molecule has 2 amide bonds. The number of nitrogens with two attached hydrogens (primary N) is 1. The zero-order chi connectivity index (χ0) is 15.1. The smallest absolute Gasteiger partial charge is 0.242 e. The maximum absolute atomic E-state index is 12.4. The Labute approximate surface area is 125 Å². The van der Waals surface area contributed by atoms with Crippen molar-refractivity contribution in [3.05, 3.63) is 35.9 Å². The molecular formula is C16H23N3O2. The Morgan fingerprint density at radius 2 is 1.95 bits per heavy atom. The highest BCUT2D eigenvalue weighted by atomic mass is 16.2. The summed E-state index contributed by atoms with van der Waals surface area (Å²) in [6.07, 6.45) is 4.25. The van der Waals surface area contributed by atoms with Gasteiger partial charge in [0.2, 0.25) is 11.8 Å². The Bertz CT molecular complexity index is 476. The number of nitrogens with zero attached hydrogens (tertiary/aromatic N) is 1. The van der Waals surface area contributed by atoms with Gasteiger partial charge in [-0.15, -0.1) is 0 Å². The Morgan fingerprint density at radius 1 is 1.19 bits per heavy atom. The number of rotatable bonds is 4. The van der Waals surface area contributed by atoms with E-state index in [2.05, 4.69) is 17.4 Å². The molecule has 1 aromatic carbocycles. The molecule has 1 aliphatic heterocycles. The SMILES string of the molecule is NCC(=O)NCC(=O)N1CCCCCC1c1ccccc1. The lowest BCUT2D eigenvalue weighted by atomic mass is 10.0. The third-order valence-electron chi connectivity index (χ3n) is 3.88. The van der Waals surface area contributed by atoms with Gasteiger partial charge < -0.3 is 16.0 Å². The summed E-state index contributed by atoms with van der Waals surface area (Å²) in [5.74, 6) is -0.331. The fourth-order valence-corrected chi connectivity index (χ4v) is 2.78. The summed E-state index contributed by atoms with van der Waals surface area (Å²) in [5.41, 5.74) is 6.41. The second-order valence-corrected chi connectivity index (χ2v) is 5.34. The minimum Gasteiger partial charge on any atom is -0.346 e. The van der Waals surface area contributed by atoms with E-state index in [0.717, 1.165) is 37.8 Å². The highest BCUT2D eigenvalue weighted by molar-refractivity contribution is 5.85. The van der Waals surface area contributed by atoms with E-state index in [9.17, 15) is 9.59 Å². The summed E-state index contributed by atoms with van der Waals surface area (Å²) >= 11 is 0. The van der Waals surface area contributed by atoms with Crippen LogP contribution in [0, 0.1) is 0 Å². The van der Waals surface area contributed by atoms with E-state index in [4.69, 9.17) is 5.73 Å². The van der Waals surface area contributed by atoms with Gasteiger partial charge in [-0.2, -0.15) is 0 Å². The molecule has 114 valence electrons.